The summed E-state index contributed by atoms with van der Waals surface area (Å²) in [7, 11) is -3.44. The van der Waals surface area contributed by atoms with Crippen molar-refractivity contribution in [3.8, 4) is 11.5 Å². The highest BCUT2D eigenvalue weighted by molar-refractivity contribution is 7.89. The van der Waals surface area contributed by atoms with Crippen molar-refractivity contribution in [2.24, 2.45) is 0 Å². The zero-order valence-electron chi connectivity index (χ0n) is 16.7. The molecule has 0 saturated carbocycles. The molecule has 3 rings (SSSR count). The van der Waals surface area contributed by atoms with Gasteiger partial charge in [-0.25, -0.2) is 12.8 Å². The Balaban J connectivity index is 1.41. The molecule has 30 heavy (non-hydrogen) atoms. The number of benzene rings is 2. The van der Waals surface area contributed by atoms with Crippen LogP contribution in [0.4, 0.5) is 4.39 Å². The second-order valence-corrected chi connectivity index (χ2v) is 8.87. The predicted octanol–water partition coefficient (Wildman–Crippen LogP) is 2.57. The molecule has 1 fully saturated rings. The highest BCUT2D eigenvalue weighted by atomic mass is 32.2. The van der Waals surface area contributed by atoms with Crippen molar-refractivity contribution in [1.29, 1.82) is 0 Å². The number of amides is 1. The molecule has 1 amide bonds. The Bertz CT molecular complexity index is 942. The smallest absolute Gasteiger partial charge is 0.260 e. The summed E-state index contributed by atoms with van der Waals surface area (Å²) in [5.74, 6) is 0.216. The topological polar surface area (TPSA) is 84.9 Å². The summed E-state index contributed by atoms with van der Waals surface area (Å²) < 4.78 is 50.4. The van der Waals surface area contributed by atoms with Crippen LogP contribution in [-0.4, -0.2) is 51.0 Å². The van der Waals surface area contributed by atoms with Crippen LogP contribution in [0.5, 0.6) is 11.5 Å². The molecule has 0 unspecified atom stereocenters. The molecule has 1 heterocycles. The highest BCUT2D eigenvalue weighted by Crippen LogP contribution is 2.22. The Morgan fingerprint density at radius 2 is 1.67 bits per heavy atom. The number of carbonyl (C=O) groups excluding carboxylic acids is 1. The normalized spacial score (nSPS) is 15.5. The van der Waals surface area contributed by atoms with Gasteiger partial charge in [0.2, 0.25) is 10.0 Å². The van der Waals surface area contributed by atoms with Crippen molar-refractivity contribution in [1.82, 2.24) is 9.62 Å². The Labute approximate surface area is 175 Å². The number of nitrogens with one attached hydrogen (secondary N) is 1. The lowest BCUT2D eigenvalue weighted by atomic mass is 10.3. The van der Waals surface area contributed by atoms with Gasteiger partial charge in [0, 0.05) is 13.1 Å². The van der Waals surface area contributed by atoms with Crippen molar-refractivity contribution in [3.63, 3.8) is 0 Å². The van der Waals surface area contributed by atoms with Gasteiger partial charge in [0.05, 0.1) is 11.4 Å². The number of hydrogen-bond donors (Lipinski definition) is 1. The number of ether oxygens (including phenoxy) is 2. The Hall–Kier alpha value is -2.65. The maximum absolute atomic E-state index is 12.9. The van der Waals surface area contributed by atoms with Crippen LogP contribution in [0.25, 0.3) is 0 Å². The number of hydrogen-bond acceptors (Lipinski definition) is 5. The lowest BCUT2D eigenvalue weighted by Gasteiger charge is -2.16. The van der Waals surface area contributed by atoms with Crippen LogP contribution in [0, 0.1) is 5.82 Å². The van der Waals surface area contributed by atoms with Crippen molar-refractivity contribution in [2.75, 3.05) is 26.2 Å². The van der Waals surface area contributed by atoms with Gasteiger partial charge >= 0.3 is 0 Å². The minimum absolute atomic E-state index is 0.216. The molecule has 0 radical (unpaired) electrons. The Kier molecular flexibility index (Phi) is 7.28. The van der Waals surface area contributed by atoms with Gasteiger partial charge in [-0.15, -0.1) is 0 Å². The molecule has 2 aromatic rings. The van der Waals surface area contributed by atoms with E-state index in [-0.39, 0.29) is 29.8 Å². The van der Waals surface area contributed by atoms with Gasteiger partial charge in [-0.3, -0.25) is 4.79 Å². The van der Waals surface area contributed by atoms with Crippen LogP contribution in [0.15, 0.2) is 53.4 Å². The summed E-state index contributed by atoms with van der Waals surface area (Å²) in [6.07, 6.45) is 1.03. The summed E-state index contributed by atoms with van der Waals surface area (Å²) >= 11 is 0. The average molecular weight is 437 g/mol. The number of carbonyl (C=O) groups is 1. The summed E-state index contributed by atoms with van der Waals surface area (Å²) in [6.45, 7) is 3.18. The summed E-state index contributed by atoms with van der Waals surface area (Å²) in [6, 6.07) is 11.7. The molecule has 7 nitrogen and oxygen atoms in total. The molecule has 9 heteroatoms. The first-order valence-electron chi connectivity index (χ1n) is 9.79. The second kappa shape index (κ2) is 9.90. The molecule has 162 valence electrons. The minimum atomic E-state index is -3.44. The Morgan fingerprint density at radius 1 is 1.07 bits per heavy atom. The van der Waals surface area contributed by atoms with Gasteiger partial charge < -0.3 is 14.8 Å². The van der Waals surface area contributed by atoms with Crippen LogP contribution in [0.3, 0.4) is 0 Å². The van der Waals surface area contributed by atoms with Gasteiger partial charge in [-0.05, 0) is 68.3 Å². The van der Waals surface area contributed by atoms with Crippen molar-refractivity contribution >= 4 is 15.9 Å². The molecule has 2 aromatic carbocycles. The van der Waals surface area contributed by atoms with E-state index in [1.807, 2.05) is 0 Å². The van der Waals surface area contributed by atoms with E-state index in [0.29, 0.717) is 24.6 Å². The van der Waals surface area contributed by atoms with Gasteiger partial charge in [0.25, 0.3) is 5.91 Å². The molecular formula is C21H25FN2O5S. The Morgan fingerprint density at radius 3 is 2.30 bits per heavy atom. The first-order chi connectivity index (χ1) is 14.4. The second-order valence-electron chi connectivity index (χ2n) is 6.94. The summed E-state index contributed by atoms with van der Waals surface area (Å²) in [5.41, 5.74) is 0. The SMILES string of the molecule is C[C@@H](Oc1ccc(F)cc1)C(=O)NCCOc1ccc(S(=O)(=O)N2CCCC2)cc1. The molecule has 0 bridgehead atoms. The van der Waals surface area contributed by atoms with E-state index in [9.17, 15) is 17.6 Å². The molecule has 1 aliphatic rings. The molecule has 1 saturated heterocycles. The van der Waals surface area contributed by atoms with Crippen LogP contribution < -0.4 is 14.8 Å². The fourth-order valence-electron chi connectivity index (χ4n) is 3.04. The van der Waals surface area contributed by atoms with E-state index in [4.69, 9.17) is 9.47 Å². The standard InChI is InChI=1S/C21H25FN2O5S/c1-16(29-19-6-4-17(22)5-7-19)21(25)23-12-15-28-18-8-10-20(11-9-18)30(26,27)24-13-2-3-14-24/h4-11,16H,2-3,12-15H2,1H3,(H,23,25)/t16-/m1/s1. The molecule has 1 aliphatic heterocycles. The fourth-order valence-corrected chi connectivity index (χ4v) is 4.56. The predicted molar refractivity (Wildman–Crippen MR) is 109 cm³/mol. The quantitative estimate of drug-likeness (QED) is 0.611. The molecule has 1 N–H and O–H groups in total. The van der Waals surface area contributed by atoms with Crippen molar-refractivity contribution in [2.45, 2.75) is 30.8 Å². The molecule has 1 atom stereocenters. The molecule has 0 aliphatic carbocycles. The van der Waals surface area contributed by atoms with E-state index in [2.05, 4.69) is 5.32 Å². The third kappa shape index (κ3) is 5.70. The average Bonchev–Trinajstić information content (AvgIpc) is 3.29. The summed E-state index contributed by atoms with van der Waals surface area (Å²) in [5, 5.41) is 2.69. The lowest BCUT2D eigenvalue weighted by Crippen LogP contribution is -2.38. The van der Waals surface area contributed by atoms with Crippen molar-refractivity contribution in [3.05, 3.63) is 54.3 Å². The van der Waals surface area contributed by atoms with Crippen LogP contribution in [0.1, 0.15) is 19.8 Å². The van der Waals surface area contributed by atoms with Gasteiger partial charge in [0.1, 0.15) is 23.9 Å². The maximum atomic E-state index is 12.9. The minimum Gasteiger partial charge on any atom is -0.492 e. The van der Waals surface area contributed by atoms with Crippen LogP contribution in [0.2, 0.25) is 0 Å². The zero-order valence-corrected chi connectivity index (χ0v) is 17.5. The maximum Gasteiger partial charge on any atom is 0.260 e. The first-order valence-corrected chi connectivity index (χ1v) is 11.2. The van der Waals surface area contributed by atoms with E-state index in [1.54, 1.807) is 19.1 Å². The van der Waals surface area contributed by atoms with Crippen LogP contribution >= 0.6 is 0 Å². The number of sulfonamides is 1. The third-order valence-corrected chi connectivity index (χ3v) is 6.61. The third-order valence-electron chi connectivity index (χ3n) is 4.69. The van der Waals surface area contributed by atoms with Gasteiger partial charge in [-0.1, -0.05) is 0 Å². The van der Waals surface area contributed by atoms with E-state index < -0.39 is 16.1 Å². The zero-order chi connectivity index (χ0) is 21.6. The number of halogens is 1. The highest BCUT2D eigenvalue weighted by Gasteiger charge is 2.26. The van der Waals surface area contributed by atoms with Gasteiger partial charge in [0.15, 0.2) is 6.10 Å². The monoisotopic (exact) mass is 436 g/mol. The fraction of sp³-hybridized carbons (Fsp3) is 0.381. The van der Waals surface area contributed by atoms with E-state index in [1.165, 1.54) is 40.7 Å². The van der Waals surface area contributed by atoms with E-state index in [0.717, 1.165) is 12.8 Å². The van der Waals surface area contributed by atoms with E-state index >= 15 is 0 Å². The number of rotatable bonds is 9. The van der Waals surface area contributed by atoms with Crippen LogP contribution in [-0.2, 0) is 14.8 Å². The van der Waals surface area contributed by atoms with Crippen molar-refractivity contribution < 1.29 is 27.1 Å². The molecule has 0 aromatic heterocycles. The largest absolute Gasteiger partial charge is 0.492 e. The first kappa shape index (κ1) is 22.0. The lowest BCUT2D eigenvalue weighted by molar-refractivity contribution is -0.127. The molecular weight excluding hydrogens is 411 g/mol. The summed E-state index contributed by atoms with van der Waals surface area (Å²) in [4.78, 5) is 12.3. The number of nitrogens with zero attached hydrogens (tertiary/aromatic N) is 1. The molecule has 0 spiro atoms. The van der Waals surface area contributed by atoms with Gasteiger partial charge in [-0.2, -0.15) is 4.31 Å².